The molecule has 1 aromatic rings. The third kappa shape index (κ3) is 3.33. The third-order valence-corrected chi connectivity index (χ3v) is 3.82. The number of rotatable bonds is 5. The van der Waals surface area contributed by atoms with Gasteiger partial charge < -0.3 is 10.6 Å². The van der Waals surface area contributed by atoms with Gasteiger partial charge in [0.05, 0.1) is 6.04 Å². The average molecular weight is 246 g/mol. The van der Waals surface area contributed by atoms with Crippen LogP contribution in [0.2, 0.25) is 0 Å². The fraction of sp³-hybridized carbons (Fsp3) is 0.533. The Balaban J connectivity index is 1.75. The first-order valence-electron chi connectivity index (χ1n) is 6.58. The van der Waals surface area contributed by atoms with E-state index in [1.54, 1.807) is 0 Å². The first-order valence-corrected chi connectivity index (χ1v) is 6.58. The molecular weight excluding hydrogens is 224 g/mol. The van der Waals surface area contributed by atoms with Gasteiger partial charge in [-0.05, 0) is 43.4 Å². The van der Waals surface area contributed by atoms with Crippen molar-refractivity contribution in [1.82, 2.24) is 5.32 Å². The van der Waals surface area contributed by atoms with E-state index in [0.717, 1.165) is 12.2 Å². The molecule has 1 saturated carbocycles. The van der Waals surface area contributed by atoms with Gasteiger partial charge in [0, 0.05) is 5.69 Å². The van der Waals surface area contributed by atoms with Crippen LogP contribution in [0.5, 0.6) is 0 Å². The van der Waals surface area contributed by atoms with Crippen molar-refractivity contribution < 1.29 is 4.79 Å². The molecule has 18 heavy (non-hydrogen) atoms. The number of hydrogen-bond acceptors (Lipinski definition) is 2. The normalized spacial score (nSPS) is 22.3. The van der Waals surface area contributed by atoms with E-state index in [9.17, 15) is 4.79 Å². The van der Waals surface area contributed by atoms with E-state index in [1.807, 2.05) is 37.3 Å². The average Bonchev–Trinajstić information content (AvgIpc) is 2.95. The monoisotopic (exact) mass is 246 g/mol. The molecule has 2 N–H and O–H groups in total. The minimum atomic E-state index is -0.151. The SMILES string of the molecule is CC(NCC1CC1(C)C)C(=O)Nc1ccccc1. The highest BCUT2D eigenvalue weighted by Gasteiger charge is 2.45. The topological polar surface area (TPSA) is 41.1 Å². The lowest BCUT2D eigenvalue weighted by Crippen LogP contribution is -2.39. The molecule has 0 saturated heterocycles. The van der Waals surface area contributed by atoms with Crippen molar-refractivity contribution in [1.29, 1.82) is 0 Å². The van der Waals surface area contributed by atoms with Crippen LogP contribution in [-0.2, 0) is 4.79 Å². The number of anilines is 1. The van der Waals surface area contributed by atoms with Crippen LogP contribution in [-0.4, -0.2) is 18.5 Å². The Kier molecular flexibility index (Phi) is 3.71. The molecule has 3 nitrogen and oxygen atoms in total. The Bertz CT molecular complexity index is 414. The highest BCUT2D eigenvalue weighted by molar-refractivity contribution is 5.94. The Morgan fingerprint density at radius 1 is 1.39 bits per heavy atom. The lowest BCUT2D eigenvalue weighted by atomic mass is 10.1. The second-order valence-corrected chi connectivity index (χ2v) is 5.87. The number of hydrogen-bond donors (Lipinski definition) is 2. The zero-order valence-corrected chi connectivity index (χ0v) is 11.4. The number of carbonyl (C=O) groups excluding carboxylic acids is 1. The Morgan fingerprint density at radius 3 is 2.56 bits per heavy atom. The van der Waals surface area contributed by atoms with Gasteiger partial charge in [0.2, 0.25) is 5.91 Å². The van der Waals surface area contributed by atoms with Crippen LogP contribution in [0.15, 0.2) is 30.3 Å². The number of nitrogens with one attached hydrogen (secondary N) is 2. The molecule has 0 heterocycles. The lowest BCUT2D eigenvalue weighted by molar-refractivity contribution is -0.117. The third-order valence-electron chi connectivity index (χ3n) is 3.82. The van der Waals surface area contributed by atoms with Gasteiger partial charge in [-0.3, -0.25) is 4.79 Å². The van der Waals surface area contributed by atoms with E-state index in [4.69, 9.17) is 0 Å². The van der Waals surface area contributed by atoms with E-state index < -0.39 is 0 Å². The zero-order valence-electron chi connectivity index (χ0n) is 11.4. The van der Waals surface area contributed by atoms with Gasteiger partial charge in [-0.1, -0.05) is 32.0 Å². The number of benzene rings is 1. The molecule has 1 amide bonds. The zero-order chi connectivity index (χ0) is 13.2. The fourth-order valence-corrected chi connectivity index (χ4v) is 2.11. The van der Waals surface area contributed by atoms with Crippen molar-refractivity contribution in [2.24, 2.45) is 11.3 Å². The molecule has 3 heteroatoms. The number of carbonyl (C=O) groups is 1. The van der Waals surface area contributed by atoms with Gasteiger partial charge in [0.25, 0.3) is 0 Å². The molecule has 0 spiro atoms. The van der Waals surface area contributed by atoms with Crippen LogP contribution in [0, 0.1) is 11.3 Å². The van der Waals surface area contributed by atoms with Gasteiger partial charge in [0.1, 0.15) is 0 Å². The highest BCUT2D eigenvalue weighted by atomic mass is 16.2. The number of amides is 1. The fourth-order valence-electron chi connectivity index (χ4n) is 2.11. The standard InChI is InChI=1S/C15H22N2O/c1-11(16-10-12-9-15(12,2)3)14(18)17-13-7-5-4-6-8-13/h4-8,11-12,16H,9-10H2,1-3H3,(H,17,18). The summed E-state index contributed by atoms with van der Waals surface area (Å²) in [6, 6.07) is 9.41. The maximum absolute atomic E-state index is 11.9. The summed E-state index contributed by atoms with van der Waals surface area (Å²) in [5.74, 6) is 0.740. The van der Waals surface area contributed by atoms with Crippen molar-refractivity contribution in [3.63, 3.8) is 0 Å². The predicted molar refractivity (Wildman–Crippen MR) is 74.4 cm³/mol. The molecular formula is C15H22N2O. The second kappa shape index (κ2) is 5.11. The molecule has 1 aromatic carbocycles. The van der Waals surface area contributed by atoms with Crippen molar-refractivity contribution in [3.05, 3.63) is 30.3 Å². The van der Waals surface area contributed by atoms with Crippen LogP contribution in [0.25, 0.3) is 0 Å². The Labute approximate surface area is 109 Å². The van der Waals surface area contributed by atoms with Crippen molar-refractivity contribution in [3.8, 4) is 0 Å². The molecule has 0 bridgehead atoms. The van der Waals surface area contributed by atoms with Crippen molar-refractivity contribution in [2.75, 3.05) is 11.9 Å². The minimum absolute atomic E-state index is 0.0275. The van der Waals surface area contributed by atoms with Crippen LogP contribution in [0.4, 0.5) is 5.69 Å². The molecule has 2 atom stereocenters. The Morgan fingerprint density at radius 2 is 2.00 bits per heavy atom. The summed E-state index contributed by atoms with van der Waals surface area (Å²) in [6.45, 7) is 7.38. The van der Waals surface area contributed by atoms with Crippen LogP contribution in [0.3, 0.4) is 0 Å². The van der Waals surface area contributed by atoms with E-state index in [2.05, 4.69) is 24.5 Å². The van der Waals surface area contributed by atoms with Crippen molar-refractivity contribution >= 4 is 11.6 Å². The maximum atomic E-state index is 11.9. The molecule has 0 aromatic heterocycles. The van der Waals surface area contributed by atoms with E-state index in [1.165, 1.54) is 6.42 Å². The van der Waals surface area contributed by atoms with Gasteiger partial charge >= 0.3 is 0 Å². The van der Waals surface area contributed by atoms with Crippen LogP contribution in [0.1, 0.15) is 27.2 Å². The van der Waals surface area contributed by atoms with E-state index >= 15 is 0 Å². The molecule has 98 valence electrons. The first-order chi connectivity index (χ1) is 8.49. The summed E-state index contributed by atoms with van der Waals surface area (Å²) < 4.78 is 0. The number of para-hydroxylation sites is 1. The van der Waals surface area contributed by atoms with Gasteiger partial charge in [-0.15, -0.1) is 0 Å². The van der Waals surface area contributed by atoms with Gasteiger partial charge in [0.15, 0.2) is 0 Å². The molecule has 0 aliphatic heterocycles. The van der Waals surface area contributed by atoms with Gasteiger partial charge in [-0.2, -0.15) is 0 Å². The summed E-state index contributed by atoms with van der Waals surface area (Å²) in [7, 11) is 0. The molecule has 2 rings (SSSR count). The predicted octanol–water partition coefficient (Wildman–Crippen LogP) is 2.65. The summed E-state index contributed by atoms with van der Waals surface area (Å²) in [4.78, 5) is 11.9. The lowest BCUT2D eigenvalue weighted by Gasteiger charge is -2.14. The van der Waals surface area contributed by atoms with Crippen LogP contribution >= 0.6 is 0 Å². The molecule has 0 radical (unpaired) electrons. The maximum Gasteiger partial charge on any atom is 0.241 e. The quantitative estimate of drug-likeness (QED) is 0.838. The summed E-state index contributed by atoms with van der Waals surface area (Å²) >= 11 is 0. The Hall–Kier alpha value is -1.35. The van der Waals surface area contributed by atoms with Crippen molar-refractivity contribution in [2.45, 2.75) is 33.2 Å². The molecule has 1 fully saturated rings. The first kappa shape index (κ1) is 13.1. The highest BCUT2D eigenvalue weighted by Crippen LogP contribution is 2.50. The van der Waals surface area contributed by atoms with Crippen LogP contribution < -0.4 is 10.6 Å². The van der Waals surface area contributed by atoms with E-state index in [-0.39, 0.29) is 11.9 Å². The van der Waals surface area contributed by atoms with Gasteiger partial charge in [-0.25, -0.2) is 0 Å². The second-order valence-electron chi connectivity index (χ2n) is 5.87. The summed E-state index contributed by atoms with van der Waals surface area (Å²) in [6.07, 6.45) is 1.26. The minimum Gasteiger partial charge on any atom is -0.325 e. The van der Waals surface area contributed by atoms with E-state index in [0.29, 0.717) is 11.3 Å². The smallest absolute Gasteiger partial charge is 0.241 e. The molecule has 2 unspecified atom stereocenters. The molecule has 1 aliphatic rings. The summed E-state index contributed by atoms with van der Waals surface area (Å²) in [5.41, 5.74) is 1.31. The summed E-state index contributed by atoms with van der Waals surface area (Å²) in [5, 5.41) is 6.21. The largest absolute Gasteiger partial charge is 0.325 e. The molecule has 1 aliphatic carbocycles.